The van der Waals surface area contributed by atoms with Crippen LogP contribution in [0.2, 0.25) is 0 Å². The second-order valence-electron chi connectivity index (χ2n) is 4.80. The third kappa shape index (κ3) is 2.49. The van der Waals surface area contributed by atoms with Crippen LogP contribution < -0.4 is 11.1 Å². The van der Waals surface area contributed by atoms with E-state index in [-0.39, 0.29) is 10.7 Å². The molecule has 0 unspecified atom stereocenters. The summed E-state index contributed by atoms with van der Waals surface area (Å²) in [5, 5.41) is 2.31. The molecule has 1 saturated carbocycles. The molecule has 1 aliphatic rings. The minimum atomic E-state index is -4.53. The number of hydrogen-bond donors (Lipinski definition) is 2. The Morgan fingerprint density at radius 2 is 1.90 bits per heavy atom. The molecule has 1 amide bonds. The van der Waals surface area contributed by atoms with Gasteiger partial charge in [-0.3, -0.25) is 4.79 Å². The van der Waals surface area contributed by atoms with Gasteiger partial charge in [0.25, 0.3) is 0 Å². The van der Waals surface area contributed by atoms with Crippen LogP contribution in [0.15, 0.2) is 24.3 Å². The molecule has 3 nitrogen and oxygen atoms in total. The predicted molar refractivity (Wildman–Crippen MR) is 73.1 cm³/mol. The number of carbonyl (C=O) groups excluding carboxylic acids is 1. The molecule has 1 aromatic carbocycles. The van der Waals surface area contributed by atoms with Crippen molar-refractivity contribution in [3.8, 4) is 0 Å². The highest BCUT2D eigenvalue weighted by atomic mass is 32.1. The Kier molecular flexibility index (Phi) is 3.73. The lowest BCUT2D eigenvalue weighted by Crippen LogP contribution is -2.50. The van der Waals surface area contributed by atoms with Gasteiger partial charge >= 0.3 is 6.18 Å². The third-order valence-electron chi connectivity index (χ3n) is 3.59. The molecular formula is C13H13F3N2OS. The van der Waals surface area contributed by atoms with Gasteiger partial charge in [-0.1, -0.05) is 30.8 Å². The molecule has 3 N–H and O–H groups in total. The zero-order chi connectivity index (χ0) is 15.0. The molecule has 1 fully saturated rings. The lowest BCUT2D eigenvalue weighted by molar-refractivity contribution is -0.137. The summed E-state index contributed by atoms with van der Waals surface area (Å²) in [5.41, 5.74) is 3.40. The SMILES string of the molecule is NC(=S)C1(C(=O)Nc2ccccc2C(F)(F)F)CCC1. The Bertz CT molecular complexity index is 553. The summed E-state index contributed by atoms with van der Waals surface area (Å²) in [6, 6.07) is 4.83. The molecule has 7 heteroatoms. The summed E-state index contributed by atoms with van der Waals surface area (Å²) >= 11 is 4.87. The zero-order valence-electron chi connectivity index (χ0n) is 10.5. The largest absolute Gasteiger partial charge is 0.418 e. The number of halogens is 3. The fourth-order valence-electron chi connectivity index (χ4n) is 2.20. The first-order valence-corrected chi connectivity index (χ1v) is 6.46. The van der Waals surface area contributed by atoms with Gasteiger partial charge in [0, 0.05) is 0 Å². The minimum absolute atomic E-state index is 0.0331. The second-order valence-corrected chi connectivity index (χ2v) is 5.24. The van der Waals surface area contributed by atoms with Crippen LogP contribution >= 0.6 is 12.2 Å². The zero-order valence-corrected chi connectivity index (χ0v) is 11.3. The summed E-state index contributed by atoms with van der Waals surface area (Å²) in [5.74, 6) is -0.562. The number of amides is 1. The quantitative estimate of drug-likeness (QED) is 0.844. The smallest absolute Gasteiger partial charge is 0.392 e. The monoisotopic (exact) mass is 302 g/mol. The van der Waals surface area contributed by atoms with Gasteiger partial charge in [-0.2, -0.15) is 13.2 Å². The number of rotatable bonds is 3. The highest BCUT2D eigenvalue weighted by Crippen LogP contribution is 2.43. The van der Waals surface area contributed by atoms with Crippen molar-refractivity contribution >= 4 is 28.8 Å². The maximum Gasteiger partial charge on any atom is 0.418 e. The molecule has 2 rings (SSSR count). The lowest BCUT2D eigenvalue weighted by Gasteiger charge is -2.39. The van der Waals surface area contributed by atoms with Gasteiger partial charge in [-0.25, -0.2) is 0 Å². The summed E-state index contributed by atoms with van der Waals surface area (Å²) < 4.78 is 38.5. The van der Waals surface area contributed by atoms with Crippen molar-refractivity contribution < 1.29 is 18.0 Å². The Labute approximate surface area is 119 Å². The molecule has 0 saturated heterocycles. The number of para-hydroxylation sites is 1. The Balaban J connectivity index is 2.27. The van der Waals surface area contributed by atoms with Crippen molar-refractivity contribution in [3.05, 3.63) is 29.8 Å². The van der Waals surface area contributed by atoms with Crippen molar-refractivity contribution in [1.29, 1.82) is 0 Å². The second kappa shape index (κ2) is 5.05. The standard InChI is InChI=1S/C13H13F3N2OS/c14-13(15,16)8-4-1-2-5-9(8)18-11(19)12(10(17)20)6-3-7-12/h1-2,4-5H,3,6-7H2,(H2,17,20)(H,18,19). The molecule has 0 aromatic heterocycles. The topological polar surface area (TPSA) is 55.1 Å². The molecule has 1 aliphatic carbocycles. The van der Waals surface area contributed by atoms with Crippen molar-refractivity contribution in [3.63, 3.8) is 0 Å². The van der Waals surface area contributed by atoms with Crippen LogP contribution in [-0.4, -0.2) is 10.9 Å². The van der Waals surface area contributed by atoms with Gasteiger partial charge < -0.3 is 11.1 Å². The third-order valence-corrected chi connectivity index (χ3v) is 3.98. The molecule has 0 aliphatic heterocycles. The van der Waals surface area contributed by atoms with E-state index in [1.807, 2.05) is 0 Å². The maximum atomic E-state index is 12.8. The summed E-state index contributed by atoms with van der Waals surface area (Å²) in [7, 11) is 0. The Hall–Kier alpha value is -1.63. The van der Waals surface area contributed by atoms with E-state index in [0.717, 1.165) is 12.5 Å². The Morgan fingerprint density at radius 1 is 1.30 bits per heavy atom. The average molecular weight is 302 g/mol. The molecule has 0 spiro atoms. The molecular weight excluding hydrogens is 289 g/mol. The number of nitrogens with one attached hydrogen (secondary N) is 1. The number of alkyl halides is 3. The summed E-state index contributed by atoms with van der Waals surface area (Å²) in [6.45, 7) is 0. The van der Waals surface area contributed by atoms with Gasteiger partial charge in [-0.05, 0) is 25.0 Å². The van der Waals surface area contributed by atoms with Crippen molar-refractivity contribution in [1.82, 2.24) is 0 Å². The van der Waals surface area contributed by atoms with E-state index < -0.39 is 23.1 Å². The summed E-state index contributed by atoms with van der Waals surface area (Å²) in [6.07, 6.45) is -2.80. The van der Waals surface area contributed by atoms with Crippen LogP contribution in [0.4, 0.5) is 18.9 Å². The summed E-state index contributed by atoms with van der Waals surface area (Å²) in [4.78, 5) is 12.2. The fraction of sp³-hybridized carbons (Fsp3) is 0.385. The first-order chi connectivity index (χ1) is 9.27. The van der Waals surface area contributed by atoms with Crippen LogP contribution in [0.1, 0.15) is 24.8 Å². The van der Waals surface area contributed by atoms with Gasteiger partial charge in [0.15, 0.2) is 0 Å². The number of thiocarbonyl (C=S) groups is 1. The number of benzene rings is 1. The molecule has 0 atom stereocenters. The van der Waals surface area contributed by atoms with Crippen LogP contribution in [0.25, 0.3) is 0 Å². The fourth-order valence-corrected chi connectivity index (χ4v) is 2.49. The number of hydrogen-bond acceptors (Lipinski definition) is 2. The van der Waals surface area contributed by atoms with Gasteiger partial charge in [0.1, 0.15) is 0 Å². The van der Waals surface area contributed by atoms with Crippen LogP contribution in [0.5, 0.6) is 0 Å². The molecule has 1 aromatic rings. The van der Waals surface area contributed by atoms with E-state index >= 15 is 0 Å². The van der Waals surface area contributed by atoms with E-state index in [0.29, 0.717) is 12.8 Å². The van der Waals surface area contributed by atoms with E-state index in [2.05, 4.69) is 5.32 Å². The first kappa shape index (κ1) is 14.8. The van der Waals surface area contributed by atoms with Crippen LogP contribution in [0.3, 0.4) is 0 Å². The lowest BCUT2D eigenvalue weighted by atomic mass is 9.68. The van der Waals surface area contributed by atoms with Crippen molar-refractivity contribution in [2.24, 2.45) is 11.1 Å². The molecule has 0 heterocycles. The van der Waals surface area contributed by atoms with Crippen LogP contribution in [-0.2, 0) is 11.0 Å². The number of nitrogens with two attached hydrogens (primary N) is 1. The predicted octanol–water partition coefficient (Wildman–Crippen LogP) is 3.10. The average Bonchev–Trinajstić information content (AvgIpc) is 2.25. The van der Waals surface area contributed by atoms with Crippen molar-refractivity contribution in [2.45, 2.75) is 25.4 Å². The Morgan fingerprint density at radius 3 is 2.35 bits per heavy atom. The normalized spacial score (nSPS) is 17.1. The molecule has 0 radical (unpaired) electrons. The maximum absolute atomic E-state index is 12.8. The van der Waals surface area contributed by atoms with E-state index in [9.17, 15) is 18.0 Å². The number of carbonyl (C=O) groups is 1. The molecule has 108 valence electrons. The van der Waals surface area contributed by atoms with E-state index in [1.54, 1.807) is 0 Å². The first-order valence-electron chi connectivity index (χ1n) is 6.05. The highest BCUT2D eigenvalue weighted by molar-refractivity contribution is 7.80. The highest BCUT2D eigenvalue weighted by Gasteiger charge is 2.47. The van der Waals surface area contributed by atoms with Gasteiger partial charge in [0.2, 0.25) is 5.91 Å². The molecule has 20 heavy (non-hydrogen) atoms. The molecule has 0 bridgehead atoms. The minimum Gasteiger partial charge on any atom is -0.392 e. The van der Waals surface area contributed by atoms with Gasteiger partial charge in [0.05, 0.1) is 21.7 Å². The van der Waals surface area contributed by atoms with E-state index in [4.69, 9.17) is 18.0 Å². The van der Waals surface area contributed by atoms with Gasteiger partial charge in [-0.15, -0.1) is 0 Å². The van der Waals surface area contributed by atoms with E-state index in [1.165, 1.54) is 18.2 Å². The van der Waals surface area contributed by atoms with Crippen LogP contribution in [0, 0.1) is 5.41 Å². The number of anilines is 1. The van der Waals surface area contributed by atoms with Crippen molar-refractivity contribution in [2.75, 3.05) is 5.32 Å².